The maximum atomic E-state index is 11.7. The van der Waals surface area contributed by atoms with E-state index in [0.717, 1.165) is 0 Å². The molecular weight excluding hydrogens is 274 g/mol. The number of Topliss-reactive ketones (excluding diaryl/α,β-unsaturated/α-hetero) is 1. The molecule has 2 heterocycles. The molecule has 0 spiro atoms. The highest BCUT2D eigenvalue weighted by molar-refractivity contribution is 5.80. The van der Waals surface area contributed by atoms with Gasteiger partial charge in [0.15, 0.2) is 11.5 Å². The molecule has 6 nitrogen and oxygen atoms in total. The molecule has 1 atom stereocenters. The van der Waals surface area contributed by atoms with Crippen molar-refractivity contribution in [1.29, 1.82) is 0 Å². The van der Waals surface area contributed by atoms with Gasteiger partial charge in [0.25, 0.3) is 0 Å². The highest BCUT2D eigenvalue weighted by atomic mass is 16.6. The Bertz CT molecular complexity index is 561. The van der Waals surface area contributed by atoms with E-state index in [2.05, 4.69) is 0 Å². The smallest absolute Gasteiger partial charge is 0.325 e. The van der Waals surface area contributed by atoms with Crippen LogP contribution in [0.1, 0.15) is 24.4 Å². The van der Waals surface area contributed by atoms with Crippen LogP contribution in [-0.2, 0) is 9.59 Å². The van der Waals surface area contributed by atoms with Gasteiger partial charge in [0, 0.05) is 25.9 Å². The normalized spacial score (nSPS) is 20.1. The number of hydrogen-bond donors (Lipinski definition) is 1. The lowest BCUT2D eigenvalue weighted by Gasteiger charge is -2.32. The molecular formula is C15H17NO5. The van der Waals surface area contributed by atoms with Gasteiger partial charge in [-0.05, 0) is 17.7 Å². The van der Waals surface area contributed by atoms with E-state index in [1.54, 1.807) is 18.2 Å². The summed E-state index contributed by atoms with van der Waals surface area (Å²) in [5.74, 6) is 0.500. The predicted octanol–water partition coefficient (Wildman–Crippen LogP) is 1.25. The summed E-state index contributed by atoms with van der Waals surface area (Å²) in [7, 11) is 0. The number of rotatable bonds is 3. The minimum Gasteiger partial charge on any atom is -0.486 e. The van der Waals surface area contributed by atoms with E-state index in [1.807, 2.05) is 4.90 Å². The van der Waals surface area contributed by atoms with Gasteiger partial charge >= 0.3 is 5.97 Å². The zero-order valence-corrected chi connectivity index (χ0v) is 11.6. The summed E-state index contributed by atoms with van der Waals surface area (Å²) in [5.41, 5.74) is 0.654. The first-order valence-corrected chi connectivity index (χ1v) is 7.03. The number of carboxylic acids is 1. The van der Waals surface area contributed by atoms with Crippen LogP contribution < -0.4 is 9.47 Å². The SMILES string of the molecule is O=C1CCN(C(C(=O)O)c2ccc3c(c2)OCCO3)CC1. The lowest BCUT2D eigenvalue weighted by molar-refractivity contribution is -0.145. The molecule has 0 radical (unpaired) electrons. The molecule has 0 aliphatic carbocycles. The van der Waals surface area contributed by atoms with Crippen LogP contribution in [0, 0.1) is 0 Å². The molecule has 112 valence electrons. The van der Waals surface area contributed by atoms with Gasteiger partial charge in [-0.25, -0.2) is 0 Å². The number of likely N-dealkylation sites (tertiary alicyclic amines) is 1. The van der Waals surface area contributed by atoms with Crippen LogP contribution >= 0.6 is 0 Å². The maximum absolute atomic E-state index is 11.7. The molecule has 1 fully saturated rings. The standard InChI is InChI=1S/C15H17NO5/c17-11-3-5-16(6-4-11)14(15(18)19)10-1-2-12-13(9-10)21-8-7-20-12/h1-2,9,14H,3-8H2,(H,18,19). The monoisotopic (exact) mass is 291 g/mol. The van der Waals surface area contributed by atoms with Gasteiger partial charge in [-0.15, -0.1) is 0 Å². The number of fused-ring (bicyclic) bond motifs is 1. The van der Waals surface area contributed by atoms with E-state index in [0.29, 0.717) is 56.2 Å². The molecule has 2 aliphatic rings. The number of hydrogen-bond acceptors (Lipinski definition) is 5. The van der Waals surface area contributed by atoms with E-state index >= 15 is 0 Å². The molecule has 21 heavy (non-hydrogen) atoms. The number of piperidine rings is 1. The summed E-state index contributed by atoms with van der Waals surface area (Å²) >= 11 is 0. The number of carboxylic acid groups (broad SMARTS) is 1. The topological polar surface area (TPSA) is 76.1 Å². The van der Waals surface area contributed by atoms with E-state index < -0.39 is 12.0 Å². The fourth-order valence-corrected chi connectivity index (χ4v) is 2.77. The fourth-order valence-electron chi connectivity index (χ4n) is 2.77. The van der Waals surface area contributed by atoms with Gasteiger partial charge in [0.05, 0.1) is 0 Å². The number of ether oxygens (including phenoxy) is 2. The van der Waals surface area contributed by atoms with Gasteiger partial charge in [0.1, 0.15) is 25.0 Å². The van der Waals surface area contributed by atoms with Crippen molar-refractivity contribution in [2.45, 2.75) is 18.9 Å². The van der Waals surface area contributed by atoms with E-state index in [-0.39, 0.29) is 5.78 Å². The van der Waals surface area contributed by atoms with Gasteiger partial charge < -0.3 is 14.6 Å². The van der Waals surface area contributed by atoms with Crippen molar-refractivity contribution in [3.63, 3.8) is 0 Å². The summed E-state index contributed by atoms with van der Waals surface area (Å²) in [6.45, 7) is 1.92. The third kappa shape index (κ3) is 2.85. The van der Waals surface area contributed by atoms with E-state index in [4.69, 9.17) is 9.47 Å². The van der Waals surface area contributed by atoms with E-state index in [9.17, 15) is 14.7 Å². The van der Waals surface area contributed by atoms with Crippen LogP contribution in [0.4, 0.5) is 0 Å². The largest absolute Gasteiger partial charge is 0.486 e. The maximum Gasteiger partial charge on any atom is 0.325 e. The number of carbonyl (C=O) groups is 2. The molecule has 2 aliphatic heterocycles. The zero-order valence-electron chi connectivity index (χ0n) is 11.6. The molecule has 0 amide bonds. The lowest BCUT2D eigenvalue weighted by atomic mass is 10.0. The van der Waals surface area contributed by atoms with Crippen LogP contribution in [0.2, 0.25) is 0 Å². The van der Waals surface area contributed by atoms with E-state index in [1.165, 1.54) is 0 Å². The molecule has 1 aromatic rings. The molecule has 6 heteroatoms. The third-order valence-electron chi connectivity index (χ3n) is 3.84. The Labute approximate surface area is 122 Å². The molecule has 0 saturated carbocycles. The Kier molecular flexibility index (Phi) is 3.79. The van der Waals surface area contributed by atoms with Gasteiger partial charge in [-0.3, -0.25) is 14.5 Å². The number of nitrogens with zero attached hydrogens (tertiary/aromatic N) is 1. The van der Waals surface area contributed by atoms with Crippen molar-refractivity contribution in [3.05, 3.63) is 23.8 Å². The average molecular weight is 291 g/mol. The summed E-state index contributed by atoms with van der Waals surface area (Å²) in [6, 6.07) is 4.47. The molecule has 1 aromatic carbocycles. The first kappa shape index (κ1) is 13.9. The zero-order chi connectivity index (χ0) is 14.8. The summed E-state index contributed by atoms with van der Waals surface area (Å²) in [6.07, 6.45) is 0.822. The minimum atomic E-state index is -0.916. The van der Waals surface area contributed by atoms with Crippen molar-refractivity contribution in [3.8, 4) is 11.5 Å². The number of carbonyl (C=O) groups excluding carboxylic acids is 1. The second-order valence-electron chi connectivity index (χ2n) is 5.22. The van der Waals surface area contributed by atoms with Gasteiger partial charge in [-0.1, -0.05) is 6.07 Å². The number of aliphatic carboxylic acids is 1. The molecule has 1 N–H and O–H groups in total. The van der Waals surface area contributed by atoms with Crippen molar-refractivity contribution in [2.24, 2.45) is 0 Å². The van der Waals surface area contributed by atoms with Crippen LogP contribution in [0.3, 0.4) is 0 Å². The highest BCUT2D eigenvalue weighted by Crippen LogP contribution is 2.34. The Balaban J connectivity index is 1.87. The van der Waals surface area contributed by atoms with Crippen LogP contribution in [0.25, 0.3) is 0 Å². The second-order valence-corrected chi connectivity index (χ2v) is 5.22. The molecule has 0 bridgehead atoms. The Morgan fingerprint density at radius 3 is 2.48 bits per heavy atom. The first-order valence-electron chi connectivity index (χ1n) is 7.03. The second kappa shape index (κ2) is 5.73. The Morgan fingerprint density at radius 2 is 1.81 bits per heavy atom. The first-order chi connectivity index (χ1) is 10.1. The lowest BCUT2D eigenvalue weighted by Crippen LogP contribution is -2.40. The Morgan fingerprint density at radius 1 is 1.14 bits per heavy atom. The molecule has 1 unspecified atom stereocenters. The average Bonchev–Trinajstić information content (AvgIpc) is 2.49. The van der Waals surface area contributed by atoms with Crippen molar-refractivity contribution < 1.29 is 24.2 Å². The quantitative estimate of drug-likeness (QED) is 0.903. The van der Waals surface area contributed by atoms with Crippen LogP contribution in [0.15, 0.2) is 18.2 Å². The van der Waals surface area contributed by atoms with Crippen molar-refractivity contribution >= 4 is 11.8 Å². The van der Waals surface area contributed by atoms with Crippen molar-refractivity contribution in [2.75, 3.05) is 26.3 Å². The minimum absolute atomic E-state index is 0.192. The summed E-state index contributed by atoms with van der Waals surface area (Å²) < 4.78 is 11.0. The highest BCUT2D eigenvalue weighted by Gasteiger charge is 2.31. The molecule has 1 saturated heterocycles. The summed E-state index contributed by atoms with van der Waals surface area (Å²) in [5, 5.41) is 9.55. The Hall–Kier alpha value is -2.08. The molecule has 0 aromatic heterocycles. The van der Waals surface area contributed by atoms with Crippen LogP contribution in [-0.4, -0.2) is 48.1 Å². The van der Waals surface area contributed by atoms with Gasteiger partial charge in [-0.2, -0.15) is 0 Å². The third-order valence-corrected chi connectivity index (χ3v) is 3.84. The fraction of sp³-hybridized carbons (Fsp3) is 0.467. The van der Waals surface area contributed by atoms with Crippen LogP contribution in [0.5, 0.6) is 11.5 Å². The number of benzene rings is 1. The number of ketones is 1. The summed E-state index contributed by atoms with van der Waals surface area (Å²) in [4.78, 5) is 24.8. The van der Waals surface area contributed by atoms with Gasteiger partial charge in [0.2, 0.25) is 0 Å². The van der Waals surface area contributed by atoms with Crippen molar-refractivity contribution in [1.82, 2.24) is 4.90 Å². The molecule has 3 rings (SSSR count). The predicted molar refractivity (Wildman–Crippen MR) is 73.6 cm³/mol.